The normalized spacial score (nSPS) is 31.2. The van der Waals surface area contributed by atoms with Crippen LogP contribution in [0.15, 0.2) is 0 Å². The van der Waals surface area contributed by atoms with Crippen LogP contribution in [-0.4, -0.2) is 67.1 Å². The Labute approximate surface area is 152 Å². The SMILES string of the molecule is CC1CC(C)CN(S(=O)(=O)N2CCN(C(=O)C3CCCCC3)CC2)C1. The first-order valence-electron chi connectivity index (χ1n) is 9.92. The van der Waals surface area contributed by atoms with Gasteiger partial charge in [-0.2, -0.15) is 17.0 Å². The van der Waals surface area contributed by atoms with Gasteiger partial charge in [0.15, 0.2) is 0 Å². The summed E-state index contributed by atoms with van der Waals surface area (Å²) in [6.07, 6.45) is 6.63. The molecular weight excluding hydrogens is 338 g/mol. The van der Waals surface area contributed by atoms with E-state index < -0.39 is 10.2 Å². The van der Waals surface area contributed by atoms with E-state index in [-0.39, 0.29) is 11.8 Å². The highest BCUT2D eigenvalue weighted by Gasteiger charge is 2.37. The lowest BCUT2D eigenvalue weighted by Gasteiger charge is -2.41. The Kier molecular flexibility index (Phi) is 6.06. The van der Waals surface area contributed by atoms with E-state index in [1.54, 1.807) is 8.61 Å². The summed E-state index contributed by atoms with van der Waals surface area (Å²) in [6.45, 7) is 7.42. The summed E-state index contributed by atoms with van der Waals surface area (Å²) in [5, 5.41) is 0. The summed E-state index contributed by atoms with van der Waals surface area (Å²) in [4.78, 5) is 14.5. The first-order valence-corrected chi connectivity index (χ1v) is 11.3. The smallest absolute Gasteiger partial charge is 0.282 e. The minimum Gasteiger partial charge on any atom is -0.340 e. The second kappa shape index (κ2) is 7.92. The molecule has 3 fully saturated rings. The van der Waals surface area contributed by atoms with Crippen molar-refractivity contribution in [3.63, 3.8) is 0 Å². The minimum absolute atomic E-state index is 0.167. The second-order valence-electron chi connectivity index (χ2n) is 8.33. The van der Waals surface area contributed by atoms with Gasteiger partial charge in [-0.3, -0.25) is 4.79 Å². The predicted molar refractivity (Wildman–Crippen MR) is 98.2 cm³/mol. The Morgan fingerprint density at radius 3 is 1.96 bits per heavy atom. The highest BCUT2D eigenvalue weighted by atomic mass is 32.2. The largest absolute Gasteiger partial charge is 0.340 e. The van der Waals surface area contributed by atoms with Gasteiger partial charge in [0, 0.05) is 45.2 Å². The van der Waals surface area contributed by atoms with Crippen molar-refractivity contribution in [2.75, 3.05) is 39.3 Å². The molecule has 0 spiro atoms. The first-order chi connectivity index (χ1) is 11.9. The van der Waals surface area contributed by atoms with Gasteiger partial charge in [0.25, 0.3) is 10.2 Å². The van der Waals surface area contributed by atoms with Crippen molar-refractivity contribution in [1.29, 1.82) is 0 Å². The van der Waals surface area contributed by atoms with E-state index in [2.05, 4.69) is 13.8 Å². The Morgan fingerprint density at radius 2 is 1.40 bits per heavy atom. The van der Waals surface area contributed by atoms with Crippen molar-refractivity contribution < 1.29 is 13.2 Å². The van der Waals surface area contributed by atoms with Gasteiger partial charge >= 0.3 is 0 Å². The van der Waals surface area contributed by atoms with Gasteiger partial charge in [-0.25, -0.2) is 0 Å². The monoisotopic (exact) mass is 371 g/mol. The van der Waals surface area contributed by atoms with Crippen molar-refractivity contribution in [3.8, 4) is 0 Å². The van der Waals surface area contributed by atoms with E-state index in [0.29, 0.717) is 51.1 Å². The highest BCUT2D eigenvalue weighted by Crippen LogP contribution is 2.27. The Bertz CT molecular complexity index is 556. The van der Waals surface area contributed by atoms with Gasteiger partial charge in [0.1, 0.15) is 0 Å². The molecule has 144 valence electrons. The maximum absolute atomic E-state index is 13.0. The highest BCUT2D eigenvalue weighted by molar-refractivity contribution is 7.86. The third-order valence-corrected chi connectivity index (χ3v) is 7.96. The van der Waals surface area contributed by atoms with Gasteiger partial charge in [0.05, 0.1) is 0 Å². The minimum atomic E-state index is -3.40. The van der Waals surface area contributed by atoms with Crippen LogP contribution in [0.25, 0.3) is 0 Å². The number of hydrogen-bond acceptors (Lipinski definition) is 3. The lowest BCUT2D eigenvalue weighted by molar-refractivity contribution is -0.137. The van der Waals surface area contributed by atoms with Gasteiger partial charge in [-0.05, 0) is 31.1 Å². The van der Waals surface area contributed by atoms with Crippen LogP contribution in [0.1, 0.15) is 52.4 Å². The molecule has 2 unspecified atom stereocenters. The van der Waals surface area contributed by atoms with Crippen LogP contribution in [0.2, 0.25) is 0 Å². The van der Waals surface area contributed by atoms with E-state index in [1.807, 2.05) is 4.90 Å². The number of piperidine rings is 1. The fraction of sp³-hybridized carbons (Fsp3) is 0.944. The van der Waals surface area contributed by atoms with Crippen LogP contribution < -0.4 is 0 Å². The van der Waals surface area contributed by atoms with Crippen molar-refractivity contribution in [2.45, 2.75) is 52.4 Å². The average Bonchev–Trinajstić information content (AvgIpc) is 2.61. The van der Waals surface area contributed by atoms with Crippen LogP contribution in [0.4, 0.5) is 0 Å². The van der Waals surface area contributed by atoms with E-state index in [9.17, 15) is 13.2 Å². The molecule has 3 aliphatic rings. The molecule has 2 saturated heterocycles. The zero-order chi connectivity index (χ0) is 18.0. The number of piperazine rings is 1. The summed E-state index contributed by atoms with van der Waals surface area (Å²) < 4.78 is 29.2. The molecule has 25 heavy (non-hydrogen) atoms. The molecule has 2 heterocycles. The summed E-state index contributed by atoms with van der Waals surface area (Å²) in [5.41, 5.74) is 0. The average molecular weight is 372 g/mol. The lowest BCUT2D eigenvalue weighted by atomic mass is 9.88. The van der Waals surface area contributed by atoms with Crippen molar-refractivity contribution in [1.82, 2.24) is 13.5 Å². The van der Waals surface area contributed by atoms with Crippen LogP contribution in [0.5, 0.6) is 0 Å². The topological polar surface area (TPSA) is 60.9 Å². The van der Waals surface area contributed by atoms with Gasteiger partial charge in [-0.1, -0.05) is 33.1 Å². The molecule has 1 amide bonds. The molecule has 3 rings (SSSR count). The number of rotatable bonds is 3. The number of amides is 1. The third-order valence-electron chi connectivity index (χ3n) is 5.99. The maximum Gasteiger partial charge on any atom is 0.282 e. The number of carbonyl (C=O) groups excluding carboxylic acids is 1. The molecule has 6 nitrogen and oxygen atoms in total. The van der Waals surface area contributed by atoms with E-state index in [4.69, 9.17) is 0 Å². The molecule has 0 radical (unpaired) electrons. The Morgan fingerprint density at radius 1 is 0.840 bits per heavy atom. The number of hydrogen-bond donors (Lipinski definition) is 0. The van der Waals surface area contributed by atoms with Crippen LogP contribution in [-0.2, 0) is 15.0 Å². The quantitative estimate of drug-likeness (QED) is 0.762. The summed E-state index contributed by atoms with van der Waals surface area (Å²) in [6, 6.07) is 0. The fourth-order valence-electron chi connectivity index (χ4n) is 4.70. The van der Waals surface area contributed by atoms with Gasteiger partial charge in [-0.15, -0.1) is 0 Å². The standard InChI is InChI=1S/C18H33N3O3S/c1-15-12-16(2)14-21(13-15)25(23,24)20-10-8-19(9-11-20)18(22)17-6-4-3-5-7-17/h15-17H,3-14H2,1-2H3. The van der Waals surface area contributed by atoms with Crippen molar-refractivity contribution in [3.05, 3.63) is 0 Å². The predicted octanol–water partition coefficient (Wildman–Crippen LogP) is 1.93. The first kappa shape index (κ1) is 19.1. The van der Waals surface area contributed by atoms with Crippen LogP contribution in [0, 0.1) is 17.8 Å². The molecular formula is C18H33N3O3S. The number of carbonyl (C=O) groups is 1. The van der Waals surface area contributed by atoms with E-state index >= 15 is 0 Å². The lowest BCUT2D eigenvalue weighted by Crippen LogP contribution is -2.56. The molecule has 2 aliphatic heterocycles. The van der Waals surface area contributed by atoms with Crippen molar-refractivity contribution in [2.24, 2.45) is 17.8 Å². The maximum atomic E-state index is 13.0. The zero-order valence-electron chi connectivity index (χ0n) is 15.7. The molecule has 0 N–H and O–H groups in total. The third kappa shape index (κ3) is 4.37. The summed E-state index contributed by atoms with van der Waals surface area (Å²) in [7, 11) is -3.40. The van der Waals surface area contributed by atoms with Crippen LogP contribution in [0.3, 0.4) is 0 Å². The van der Waals surface area contributed by atoms with E-state index in [1.165, 1.54) is 6.42 Å². The summed E-state index contributed by atoms with van der Waals surface area (Å²) >= 11 is 0. The Hall–Kier alpha value is -0.660. The molecule has 1 aliphatic carbocycles. The molecule has 0 aromatic carbocycles. The summed E-state index contributed by atoms with van der Waals surface area (Å²) in [5.74, 6) is 1.23. The molecule has 0 aromatic heterocycles. The molecule has 0 bridgehead atoms. The van der Waals surface area contributed by atoms with Gasteiger partial charge < -0.3 is 4.90 Å². The zero-order valence-corrected chi connectivity index (χ0v) is 16.5. The van der Waals surface area contributed by atoms with Crippen molar-refractivity contribution >= 4 is 16.1 Å². The molecule has 1 saturated carbocycles. The Balaban J connectivity index is 1.56. The van der Waals surface area contributed by atoms with Crippen LogP contribution >= 0.6 is 0 Å². The second-order valence-corrected chi connectivity index (χ2v) is 10.3. The number of nitrogens with zero attached hydrogens (tertiary/aromatic N) is 3. The fourth-order valence-corrected chi connectivity index (χ4v) is 6.54. The molecule has 2 atom stereocenters. The van der Waals surface area contributed by atoms with Gasteiger partial charge in [0.2, 0.25) is 5.91 Å². The van der Waals surface area contributed by atoms with E-state index in [0.717, 1.165) is 32.1 Å². The molecule has 7 heteroatoms. The molecule has 0 aromatic rings.